The molecular weight excluding hydrogens is 246 g/mol. The average Bonchev–Trinajstić information content (AvgIpc) is 2.82. The molecule has 3 rings (SSSR count). The summed E-state index contributed by atoms with van der Waals surface area (Å²) in [5.41, 5.74) is 2.51. The van der Waals surface area contributed by atoms with Crippen LogP contribution in [-0.4, -0.2) is 12.6 Å². The van der Waals surface area contributed by atoms with Crippen LogP contribution in [0.15, 0.2) is 60.8 Å². The maximum atomic E-state index is 2.38. The lowest BCUT2D eigenvalue weighted by Crippen LogP contribution is -2.37. The van der Waals surface area contributed by atoms with Gasteiger partial charge in [0.2, 0.25) is 0 Å². The Bertz CT molecular complexity index is 702. The highest BCUT2D eigenvalue weighted by Gasteiger charge is 2.15. The summed E-state index contributed by atoms with van der Waals surface area (Å²) in [5, 5.41) is 2.80. The van der Waals surface area contributed by atoms with Gasteiger partial charge in [0.15, 0.2) is 0 Å². The molecule has 0 atom stereocenters. The molecule has 0 aliphatic heterocycles. The van der Waals surface area contributed by atoms with Crippen molar-refractivity contribution in [2.45, 2.75) is 19.6 Å². The minimum Gasteiger partial charge on any atom is -0.317 e. The zero-order valence-electron chi connectivity index (χ0n) is 11.7. The number of nitrogens with zero attached hydrogens (tertiary/aromatic N) is 1. The molecule has 0 amide bonds. The van der Waals surface area contributed by atoms with Crippen LogP contribution >= 0.6 is 0 Å². The van der Waals surface area contributed by atoms with Gasteiger partial charge in [-0.1, -0.05) is 55.2 Å². The van der Waals surface area contributed by atoms with Gasteiger partial charge in [0.1, 0.15) is 0 Å². The molecule has 0 unspecified atom stereocenters. The van der Waals surface area contributed by atoms with Gasteiger partial charge in [0, 0.05) is 11.9 Å². The molecule has 0 saturated heterocycles. The molecule has 0 fully saturated rings. The number of para-hydroxylation sites is 1. The Hall–Kier alpha value is -1.80. The van der Waals surface area contributed by atoms with Crippen LogP contribution in [0.3, 0.4) is 0 Å². The maximum absolute atomic E-state index is 2.38. The topological polar surface area (TPSA) is 4.93 Å². The van der Waals surface area contributed by atoms with Crippen molar-refractivity contribution in [3.05, 3.63) is 60.8 Å². The molecule has 0 radical (unpaired) electrons. The highest BCUT2D eigenvalue weighted by molar-refractivity contribution is 6.88. The quantitative estimate of drug-likeness (QED) is 0.613. The van der Waals surface area contributed by atoms with Crippen LogP contribution in [0.25, 0.3) is 16.6 Å². The van der Waals surface area contributed by atoms with E-state index in [1.807, 2.05) is 0 Å². The van der Waals surface area contributed by atoms with E-state index < -0.39 is 8.07 Å². The van der Waals surface area contributed by atoms with Gasteiger partial charge in [-0.3, -0.25) is 0 Å². The van der Waals surface area contributed by atoms with Crippen LogP contribution in [-0.2, 0) is 0 Å². The summed E-state index contributed by atoms with van der Waals surface area (Å²) < 4.78 is 2.25. The van der Waals surface area contributed by atoms with E-state index in [0.29, 0.717) is 0 Å². The van der Waals surface area contributed by atoms with Crippen LogP contribution < -0.4 is 5.19 Å². The van der Waals surface area contributed by atoms with E-state index in [1.165, 1.54) is 21.8 Å². The second-order valence-corrected chi connectivity index (χ2v) is 11.1. The summed E-state index contributed by atoms with van der Waals surface area (Å²) in [6.07, 6.45) is 2.15. The van der Waals surface area contributed by atoms with E-state index >= 15 is 0 Å². The molecule has 0 saturated carbocycles. The maximum Gasteiger partial charge on any atom is 0.0775 e. The fourth-order valence-corrected chi connectivity index (χ4v) is 3.60. The molecule has 1 heterocycles. The van der Waals surface area contributed by atoms with E-state index in [-0.39, 0.29) is 0 Å². The first-order valence-corrected chi connectivity index (χ1v) is 10.2. The molecule has 2 aromatic carbocycles. The molecule has 0 spiro atoms. The van der Waals surface area contributed by atoms with Crippen molar-refractivity contribution >= 4 is 24.2 Å². The molecule has 3 aromatic rings. The summed E-state index contributed by atoms with van der Waals surface area (Å²) >= 11 is 0. The van der Waals surface area contributed by atoms with Gasteiger partial charge in [-0.05, 0) is 29.7 Å². The summed E-state index contributed by atoms with van der Waals surface area (Å²) in [6, 6.07) is 19.7. The Morgan fingerprint density at radius 2 is 1.47 bits per heavy atom. The third kappa shape index (κ3) is 2.24. The van der Waals surface area contributed by atoms with Crippen LogP contribution in [0.5, 0.6) is 0 Å². The fourth-order valence-electron chi connectivity index (χ4n) is 2.43. The smallest absolute Gasteiger partial charge is 0.0775 e. The van der Waals surface area contributed by atoms with Gasteiger partial charge >= 0.3 is 0 Å². The largest absolute Gasteiger partial charge is 0.317 e. The second-order valence-electron chi connectivity index (χ2n) is 6.04. The van der Waals surface area contributed by atoms with Crippen molar-refractivity contribution < 1.29 is 0 Å². The molecule has 19 heavy (non-hydrogen) atoms. The third-order valence-corrected chi connectivity index (χ3v) is 5.68. The van der Waals surface area contributed by atoms with Crippen LogP contribution in [0.1, 0.15) is 0 Å². The average molecular weight is 265 g/mol. The minimum atomic E-state index is -1.20. The van der Waals surface area contributed by atoms with Crippen molar-refractivity contribution in [3.8, 4) is 5.69 Å². The lowest BCUT2D eigenvalue weighted by molar-refractivity contribution is 1.13. The molecule has 0 aliphatic rings. The highest BCUT2D eigenvalue weighted by atomic mass is 28.3. The summed E-state index contributed by atoms with van der Waals surface area (Å²) in [4.78, 5) is 0. The second kappa shape index (κ2) is 4.39. The van der Waals surface area contributed by atoms with E-state index in [9.17, 15) is 0 Å². The number of fused-ring (bicyclic) bond motifs is 1. The SMILES string of the molecule is C[Si](C)(C)c1ccc(-n2ccc3ccccc32)cc1. The Balaban J connectivity index is 2.07. The Morgan fingerprint density at radius 1 is 0.789 bits per heavy atom. The number of rotatable bonds is 2. The Morgan fingerprint density at radius 3 is 2.16 bits per heavy atom. The van der Waals surface area contributed by atoms with E-state index in [1.54, 1.807) is 0 Å². The molecule has 0 N–H and O–H groups in total. The molecule has 0 aliphatic carbocycles. The number of aromatic nitrogens is 1. The Labute approximate surface area is 115 Å². The van der Waals surface area contributed by atoms with Gasteiger partial charge in [0.25, 0.3) is 0 Å². The molecule has 2 heteroatoms. The van der Waals surface area contributed by atoms with Gasteiger partial charge in [-0.25, -0.2) is 0 Å². The monoisotopic (exact) mass is 265 g/mol. The molecule has 1 nitrogen and oxygen atoms in total. The number of benzene rings is 2. The number of hydrogen-bond acceptors (Lipinski definition) is 0. The van der Waals surface area contributed by atoms with Crippen molar-refractivity contribution in [2.24, 2.45) is 0 Å². The van der Waals surface area contributed by atoms with Crippen LogP contribution in [0.4, 0.5) is 0 Å². The van der Waals surface area contributed by atoms with Crippen molar-refractivity contribution in [2.75, 3.05) is 0 Å². The van der Waals surface area contributed by atoms with Crippen molar-refractivity contribution in [1.29, 1.82) is 0 Å². The van der Waals surface area contributed by atoms with Gasteiger partial charge in [-0.15, -0.1) is 0 Å². The predicted molar refractivity (Wildman–Crippen MR) is 86.3 cm³/mol. The number of hydrogen-bond donors (Lipinski definition) is 0. The predicted octanol–water partition coefficient (Wildman–Crippen LogP) is 4.18. The van der Waals surface area contributed by atoms with Gasteiger partial charge in [0.05, 0.1) is 13.6 Å². The molecule has 0 bridgehead atoms. The van der Waals surface area contributed by atoms with Crippen LogP contribution in [0, 0.1) is 0 Å². The van der Waals surface area contributed by atoms with Crippen molar-refractivity contribution in [1.82, 2.24) is 4.57 Å². The fraction of sp³-hybridized carbons (Fsp3) is 0.176. The van der Waals surface area contributed by atoms with Gasteiger partial charge < -0.3 is 4.57 Å². The van der Waals surface area contributed by atoms with E-state index in [0.717, 1.165) is 0 Å². The molecule has 96 valence electrons. The summed E-state index contributed by atoms with van der Waals surface area (Å²) in [5.74, 6) is 0. The normalized spacial score (nSPS) is 11.9. The highest BCUT2D eigenvalue weighted by Crippen LogP contribution is 2.19. The summed E-state index contributed by atoms with van der Waals surface area (Å²) in [7, 11) is -1.20. The van der Waals surface area contributed by atoms with E-state index in [2.05, 4.69) is 85.0 Å². The van der Waals surface area contributed by atoms with Crippen molar-refractivity contribution in [3.63, 3.8) is 0 Å². The zero-order chi connectivity index (χ0) is 13.5. The standard InChI is InChI=1S/C17H19NSi/c1-19(2,3)16-10-8-15(9-11-16)18-13-12-14-6-4-5-7-17(14)18/h4-13H,1-3H3. The van der Waals surface area contributed by atoms with E-state index in [4.69, 9.17) is 0 Å². The first kappa shape index (κ1) is 12.2. The lowest BCUT2D eigenvalue weighted by Gasteiger charge is -2.17. The molecular formula is C17H19NSi. The summed E-state index contributed by atoms with van der Waals surface area (Å²) in [6.45, 7) is 7.15. The van der Waals surface area contributed by atoms with Crippen LogP contribution in [0.2, 0.25) is 19.6 Å². The molecule has 1 aromatic heterocycles. The Kier molecular flexibility index (Phi) is 2.83. The third-order valence-electron chi connectivity index (χ3n) is 3.61. The minimum absolute atomic E-state index is 1.20. The first-order valence-electron chi connectivity index (χ1n) is 6.73. The lowest BCUT2D eigenvalue weighted by atomic mass is 10.2. The zero-order valence-corrected chi connectivity index (χ0v) is 12.7. The first-order chi connectivity index (χ1) is 9.05. The van der Waals surface area contributed by atoms with Gasteiger partial charge in [-0.2, -0.15) is 0 Å².